The SMILES string of the molecule is [c]1ccnc(-c2ccccc2)c1-c1ccccc1. The first-order valence-corrected chi connectivity index (χ1v) is 5.93. The van der Waals surface area contributed by atoms with Gasteiger partial charge in [-0.2, -0.15) is 0 Å². The summed E-state index contributed by atoms with van der Waals surface area (Å²) in [6, 6.07) is 25.6. The maximum Gasteiger partial charge on any atom is 0.0786 e. The summed E-state index contributed by atoms with van der Waals surface area (Å²) in [7, 11) is 0. The summed E-state index contributed by atoms with van der Waals surface area (Å²) < 4.78 is 0. The normalized spacial score (nSPS) is 10.2. The van der Waals surface area contributed by atoms with Crippen molar-refractivity contribution in [2.75, 3.05) is 0 Å². The van der Waals surface area contributed by atoms with Gasteiger partial charge in [0.25, 0.3) is 0 Å². The average molecular weight is 230 g/mol. The van der Waals surface area contributed by atoms with Crippen LogP contribution in [0, 0.1) is 6.07 Å². The Labute approximate surface area is 107 Å². The molecule has 0 aliphatic carbocycles. The molecule has 3 aromatic rings. The maximum absolute atomic E-state index is 4.49. The van der Waals surface area contributed by atoms with Gasteiger partial charge in [0, 0.05) is 17.3 Å². The van der Waals surface area contributed by atoms with Crippen LogP contribution < -0.4 is 0 Å². The highest BCUT2D eigenvalue weighted by Crippen LogP contribution is 2.29. The third-order valence-electron chi connectivity index (χ3n) is 2.85. The Hall–Kier alpha value is -2.41. The largest absolute Gasteiger partial charge is 0.256 e. The van der Waals surface area contributed by atoms with Crippen LogP contribution in [-0.4, -0.2) is 4.98 Å². The molecule has 1 nitrogen and oxygen atoms in total. The van der Waals surface area contributed by atoms with Crippen LogP contribution in [-0.2, 0) is 0 Å². The molecule has 0 amide bonds. The second kappa shape index (κ2) is 4.84. The molecule has 0 unspecified atom stereocenters. The zero-order chi connectivity index (χ0) is 12.2. The van der Waals surface area contributed by atoms with Gasteiger partial charge in [0.05, 0.1) is 5.69 Å². The molecule has 1 radical (unpaired) electrons. The van der Waals surface area contributed by atoms with Gasteiger partial charge in [-0.15, -0.1) is 0 Å². The molecule has 2 aromatic carbocycles. The van der Waals surface area contributed by atoms with Crippen LogP contribution in [0.5, 0.6) is 0 Å². The average Bonchev–Trinajstić information content (AvgIpc) is 2.49. The molecular weight excluding hydrogens is 218 g/mol. The fourth-order valence-electron chi connectivity index (χ4n) is 2.01. The molecule has 0 saturated carbocycles. The number of hydrogen-bond donors (Lipinski definition) is 0. The van der Waals surface area contributed by atoms with Crippen LogP contribution in [0.3, 0.4) is 0 Å². The highest BCUT2D eigenvalue weighted by molar-refractivity contribution is 5.79. The lowest BCUT2D eigenvalue weighted by molar-refractivity contribution is 1.32. The van der Waals surface area contributed by atoms with Crippen molar-refractivity contribution in [2.24, 2.45) is 0 Å². The summed E-state index contributed by atoms with van der Waals surface area (Å²) in [6.45, 7) is 0. The van der Waals surface area contributed by atoms with E-state index < -0.39 is 0 Å². The number of nitrogens with zero attached hydrogens (tertiary/aromatic N) is 1. The van der Waals surface area contributed by atoms with Gasteiger partial charge >= 0.3 is 0 Å². The van der Waals surface area contributed by atoms with Crippen molar-refractivity contribution in [1.29, 1.82) is 0 Å². The summed E-state index contributed by atoms with van der Waals surface area (Å²) in [5.41, 5.74) is 4.28. The van der Waals surface area contributed by atoms with Gasteiger partial charge in [-0.05, 0) is 17.7 Å². The molecule has 0 saturated heterocycles. The second-order valence-electron chi connectivity index (χ2n) is 4.04. The molecule has 18 heavy (non-hydrogen) atoms. The summed E-state index contributed by atoms with van der Waals surface area (Å²) in [4.78, 5) is 4.49. The van der Waals surface area contributed by atoms with Gasteiger partial charge in [0.1, 0.15) is 0 Å². The Morgan fingerprint density at radius 2 is 1.33 bits per heavy atom. The van der Waals surface area contributed by atoms with Crippen molar-refractivity contribution in [2.45, 2.75) is 0 Å². The zero-order valence-corrected chi connectivity index (χ0v) is 9.88. The van der Waals surface area contributed by atoms with Gasteiger partial charge in [-0.1, -0.05) is 60.7 Å². The van der Waals surface area contributed by atoms with Gasteiger partial charge in [0.2, 0.25) is 0 Å². The van der Waals surface area contributed by atoms with E-state index in [2.05, 4.69) is 35.3 Å². The minimum absolute atomic E-state index is 0.976. The molecule has 0 fully saturated rings. The summed E-state index contributed by atoms with van der Waals surface area (Å²) in [5, 5.41) is 0. The summed E-state index contributed by atoms with van der Waals surface area (Å²) >= 11 is 0. The van der Waals surface area contributed by atoms with E-state index in [0.29, 0.717) is 0 Å². The maximum atomic E-state index is 4.49. The third kappa shape index (κ3) is 2.03. The van der Waals surface area contributed by atoms with E-state index in [9.17, 15) is 0 Å². The van der Waals surface area contributed by atoms with Crippen molar-refractivity contribution in [1.82, 2.24) is 4.98 Å². The molecule has 1 heteroatoms. The fourth-order valence-corrected chi connectivity index (χ4v) is 2.01. The lowest BCUT2D eigenvalue weighted by Gasteiger charge is -2.08. The van der Waals surface area contributed by atoms with Crippen LogP contribution >= 0.6 is 0 Å². The molecule has 0 aliphatic heterocycles. The lowest BCUT2D eigenvalue weighted by Crippen LogP contribution is -1.88. The Balaban J connectivity index is 2.18. The minimum Gasteiger partial charge on any atom is -0.256 e. The number of pyridine rings is 1. The molecule has 0 atom stereocenters. The predicted molar refractivity (Wildman–Crippen MR) is 73.9 cm³/mol. The Bertz CT molecular complexity index is 572. The standard InChI is InChI=1S/C17H12N/c1-3-8-14(9-4-1)16-12-7-13-18-17(16)15-10-5-2-6-11-15/h1-11,13H. The first-order chi connectivity index (χ1) is 8.95. The van der Waals surface area contributed by atoms with E-state index in [1.165, 1.54) is 0 Å². The quantitative estimate of drug-likeness (QED) is 0.642. The molecule has 0 N–H and O–H groups in total. The molecule has 0 spiro atoms. The van der Waals surface area contributed by atoms with Gasteiger partial charge < -0.3 is 0 Å². The van der Waals surface area contributed by atoms with Crippen LogP contribution in [0.2, 0.25) is 0 Å². The summed E-state index contributed by atoms with van der Waals surface area (Å²) in [5.74, 6) is 0. The Morgan fingerprint density at radius 1 is 0.722 bits per heavy atom. The number of aromatic nitrogens is 1. The zero-order valence-electron chi connectivity index (χ0n) is 9.88. The first-order valence-electron chi connectivity index (χ1n) is 5.93. The van der Waals surface area contributed by atoms with Crippen molar-refractivity contribution in [3.05, 3.63) is 79.0 Å². The molecule has 85 valence electrons. The first kappa shape index (κ1) is 10.7. The molecular formula is C17H12N. The number of hydrogen-bond acceptors (Lipinski definition) is 1. The number of rotatable bonds is 2. The van der Waals surface area contributed by atoms with E-state index in [1.54, 1.807) is 6.20 Å². The van der Waals surface area contributed by atoms with E-state index in [0.717, 1.165) is 22.4 Å². The fraction of sp³-hybridized carbons (Fsp3) is 0. The van der Waals surface area contributed by atoms with Crippen LogP contribution in [0.15, 0.2) is 72.9 Å². The van der Waals surface area contributed by atoms with E-state index in [-0.39, 0.29) is 0 Å². The molecule has 0 aliphatic rings. The van der Waals surface area contributed by atoms with Crippen molar-refractivity contribution in [3.8, 4) is 22.4 Å². The summed E-state index contributed by atoms with van der Waals surface area (Å²) in [6.07, 6.45) is 1.79. The van der Waals surface area contributed by atoms with E-state index in [4.69, 9.17) is 0 Å². The Kier molecular flexibility index (Phi) is 2.89. The predicted octanol–water partition coefficient (Wildman–Crippen LogP) is 4.22. The minimum atomic E-state index is 0.976. The van der Waals surface area contributed by atoms with Crippen molar-refractivity contribution < 1.29 is 0 Å². The van der Waals surface area contributed by atoms with Crippen LogP contribution in [0.4, 0.5) is 0 Å². The van der Waals surface area contributed by atoms with Gasteiger partial charge in [-0.3, -0.25) is 4.98 Å². The number of benzene rings is 2. The van der Waals surface area contributed by atoms with Crippen molar-refractivity contribution >= 4 is 0 Å². The van der Waals surface area contributed by atoms with Gasteiger partial charge in [-0.25, -0.2) is 0 Å². The molecule has 1 aromatic heterocycles. The lowest BCUT2D eigenvalue weighted by atomic mass is 10.00. The monoisotopic (exact) mass is 230 g/mol. The molecule has 0 bridgehead atoms. The van der Waals surface area contributed by atoms with Crippen molar-refractivity contribution in [3.63, 3.8) is 0 Å². The van der Waals surface area contributed by atoms with Crippen LogP contribution in [0.25, 0.3) is 22.4 Å². The third-order valence-corrected chi connectivity index (χ3v) is 2.85. The highest BCUT2D eigenvalue weighted by Gasteiger charge is 2.07. The Morgan fingerprint density at radius 3 is 2.00 bits per heavy atom. The van der Waals surface area contributed by atoms with Crippen LogP contribution in [0.1, 0.15) is 0 Å². The van der Waals surface area contributed by atoms with Gasteiger partial charge in [0.15, 0.2) is 0 Å². The smallest absolute Gasteiger partial charge is 0.0786 e. The van der Waals surface area contributed by atoms with E-state index in [1.807, 2.05) is 42.5 Å². The topological polar surface area (TPSA) is 12.9 Å². The molecule has 3 rings (SSSR count). The molecule has 1 heterocycles. The van der Waals surface area contributed by atoms with E-state index >= 15 is 0 Å². The second-order valence-corrected chi connectivity index (χ2v) is 4.04. The highest BCUT2D eigenvalue weighted by atomic mass is 14.7.